The third-order valence-electron chi connectivity index (χ3n) is 4.86. The second-order valence-corrected chi connectivity index (χ2v) is 6.92. The first kappa shape index (κ1) is 20.4. The number of aromatic nitrogens is 1. The molecule has 0 radical (unpaired) electrons. The summed E-state index contributed by atoms with van der Waals surface area (Å²) in [6, 6.07) is 12.2. The molecule has 2 N–H and O–H groups in total. The predicted octanol–water partition coefficient (Wildman–Crippen LogP) is 4.91. The number of hydrazine groups is 1. The van der Waals surface area contributed by atoms with Crippen LogP contribution in [0.4, 0.5) is 5.82 Å². The van der Waals surface area contributed by atoms with Crippen LogP contribution in [0.5, 0.6) is 0 Å². The van der Waals surface area contributed by atoms with Crippen LogP contribution in [0.2, 0.25) is 0 Å². The van der Waals surface area contributed by atoms with E-state index < -0.39 is 0 Å². The molecule has 2 aromatic rings. The van der Waals surface area contributed by atoms with Crippen LogP contribution in [0.15, 0.2) is 72.0 Å². The number of fused-ring (bicyclic) bond motifs is 1. The molecule has 3 rings (SSSR count). The van der Waals surface area contributed by atoms with Gasteiger partial charge in [-0.05, 0) is 43.0 Å². The van der Waals surface area contributed by atoms with Crippen LogP contribution >= 0.6 is 0 Å². The van der Waals surface area contributed by atoms with Gasteiger partial charge in [0.05, 0.1) is 5.69 Å². The SMILES string of the molecule is C=CC(C=O)C/C=C(\C)c1nc2c(cc1-c1ccccc1)C=N/C(=C/CC)N2N. The lowest BCUT2D eigenvalue weighted by Crippen LogP contribution is -2.33. The van der Waals surface area contributed by atoms with Crippen molar-refractivity contribution in [2.24, 2.45) is 16.8 Å². The second kappa shape index (κ2) is 9.26. The van der Waals surface area contributed by atoms with Gasteiger partial charge in [0.25, 0.3) is 0 Å². The Hall–Kier alpha value is -3.31. The van der Waals surface area contributed by atoms with Crippen molar-refractivity contribution in [1.82, 2.24) is 4.98 Å². The highest BCUT2D eigenvalue weighted by molar-refractivity contribution is 5.94. The van der Waals surface area contributed by atoms with E-state index in [9.17, 15) is 4.79 Å². The van der Waals surface area contributed by atoms with Crippen LogP contribution in [0, 0.1) is 5.92 Å². The summed E-state index contributed by atoms with van der Waals surface area (Å²) in [5, 5.41) is 1.53. The second-order valence-electron chi connectivity index (χ2n) is 6.92. The first-order valence-corrected chi connectivity index (χ1v) is 9.73. The summed E-state index contributed by atoms with van der Waals surface area (Å²) >= 11 is 0. The lowest BCUT2D eigenvalue weighted by atomic mass is 9.96. The fraction of sp³-hybridized carbons (Fsp3) is 0.208. The largest absolute Gasteiger partial charge is 0.303 e. The van der Waals surface area contributed by atoms with Crippen molar-refractivity contribution in [2.45, 2.75) is 26.7 Å². The Labute approximate surface area is 172 Å². The maximum Gasteiger partial charge on any atom is 0.158 e. The molecule has 0 saturated carbocycles. The van der Waals surface area contributed by atoms with Gasteiger partial charge in [0.15, 0.2) is 5.82 Å². The highest BCUT2D eigenvalue weighted by atomic mass is 16.1. The van der Waals surface area contributed by atoms with Gasteiger partial charge in [-0.2, -0.15) is 0 Å². The maximum atomic E-state index is 11.1. The monoisotopic (exact) mass is 386 g/mol. The lowest BCUT2D eigenvalue weighted by molar-refractivity contribution is -0.109. The molecule has 0 amide bonds. The standard InChI is InChI=1S/C24H26N4O/c1-4-9-22-26-15-20-14-21(19-10-7-6-8-11-19)23(27-24(20)28(22)25)17(3)12-13-18(5-2)16-29/h5-12,14-16,18H,2,4,13,25H2,1,3H3/b17-12+,22-9-. The number of nitrogens with two attached hydrogens (primary N) is 1. The first-order chi connectivity index (χ1) is 14.1. The van der Waals surface area contributed by atoms with Crippen molar-refractivity contribution < 1.29 is 4.79 Å². The van der Waals surface area contributed by atoms with Crippen molar-refractivity contribution in [3.8, 4) is 11.1 Å². The van der Waals surface area contributed by atoms with Crippen LogP contribution in [-0.4, -0.2) is 17.5 Å². The summed E-state index contributed by atoms with van der Waals surface area (Å²) in [6.45, 7) is 7.77. The van der Waals surface area contributed by atoms with E-state index in [0.717, 1.165) is 40.7 Å². The first-order valence-electron chi connectivity index (χ1n) is 9.73. The summed E-state index contributed by atoms with van der Waals surface area (Å²) in [6.07, 6.45) is 9.79. The average Bonchev–Trinajstić information content (AvgIpc) is 2.76. The third kappa shape index (κ3) is 4.41. The molecule has 0 fully saturated rings. The van der Waals surface area contributed by atoms with Gasteiger partial charge in [-0.1, -0.05) is 49.4 Å². The number of nitrogens with zero attached hydrogens (tertiary/aromatic N) is 3. The van der Waals surface area contributed by atoms with Gasteiger partial charge in [-0.3, -0.25) is 0 Å². The number of hydrogen-bond acceptors (Lipinski definition) is 5. The van der Waals surface area contributed by atoms with Gasteiger partial charge >= 0.3 is 0 Å². The molecule has 1 unspecified atom stereocenters. The summed E-state index contributed by atoms with van der Waals surface area (Å²) in [5.41, 5.74) is 4.76. The van der Waals surface area contributed by atoms with Gasteiger partial charge in [-0.25, -0.2) is 20.8 Å². The van der Waals surface area contributed by atoms with Gasteiger partial charge < -0.3 is 4.79 Å². The molecule has 0 aliphatic carbocycles. The van der Waals surface area contributed by atoms with Gasteiger partial charge in [0.2, 0.25) is 0 Å². The quantitative estimate of drug-likeness (QED) is 0.417. The summed E-state index contributed by atoms with van der Waals surface area (Å²) in [4.78, 5) is 20.5. The molecule has 0 spiro atoms. The zero-order valence-corrected chi connectivity index (χ0v) is 16.9. The highest BCUT2D eigenvalue weighted by Gasteiger charge is 2.21. The van der Waals surface area contributed by atoms with Crippen molar-refractivity contribution in [2.75, 3.05) is 5.01 Å². The van der Waals surface area contributed by atoms with Crippen LogP contribution in [0.1, 0.15) is 37.9 Å². The normalized spacial score (nSPS) is 15.9. The highest BCUT2D eigenvalue weighted by Crippen LogP contribution is 2.34. The minimum absolute atomic E-state index is 0.208. The smallest absolute Gasteiger partial charge is 0.158 e. The van der Waals surface area contributed by atoms with E-state index in [2.05, 4.69) is 29.8 Å². The Morgan fingerprint density at radius 2 is 2.07 bits per heavy atom. The maximum absolute atomic E-state index is 11.1. The Morgan fingerprint density at radius 3 is 2.72 bits per heavy atom. The minimum atomic E-state index is -0.208. The van der Waals surface area contributed by atoms with E-state index in [1.54, 1.807) is 6.08 Å². The number of carbonyl (C=O) groups is 1. The Morgan fingerprint density at radius 1 is 1.31 bits per heavy atom. The zero-order valence-electron chi connectivity index (χ0n) is 16.9. The zero-order chi connectivity index (χ0) is 20.8. The number of carbonyl (C=O) groups excluding carboxylic acids is 1. The number of allylic oxidation sites excluding steroid dienone is 4. The molecule has 0 saturated heterocycles. The van der Waals surface area contributed by atoms with Gasteiger partial charge in [0.1, 0.15) is 12.1 Å². The van der Waals surface area contributed by atoms with Crippen molar-refractivity contribution in [3.63, 3.8) is 0 Å². The number of aliphatic imine (C=N–C) groups is 1. The Balaban J connectivity index is 2.14. The van der Waals surface area contributed by atoms with E-state index in [-0.39, 0.29) is 5.92 Å². The molecule has 1 atom stereocenters. The fourth-order valence-corrected chi connectivity index (χ4v) is 3.20. The minimum Gasteiger partial charge on any atom is -0.303 e. The summed E-state index contributed by atoms with van der Waals surface area (Å²) < 4.78 is 0. The van der Waals surface area contributed by atoms with Crippen molar-refractivity contribution in [1.29, 1.82) is 0 Å². The van der Waals surface area contributed by atoms with Crippen LogP contribution < -0.4 is 10.9 Å². The summed E-state index contributed by atoms with van der Waals surface area (Å²) in [7, 11) is 0. The van der Waals surface area contributed by atoms with Crippen LogP contribution in [-0.2, 0) is 4.79 Å². The Kier molecular flexibility index (Phi) is 6.52. The lowest BCUT2D eigenvalue weighted by Gasteiger charge is -2.25. The van der Waals surface area contributed by atoms with Gasteiger partial charge in [0, 0.05) is 23.3 Å². The number of rotatable bonds is 7. The van der Waals surface area contributed by atoms with Crippen LogP contribution in [0.25, 0.3) is 16.7 Å². The third-order valence-corrected chi connectivity index (χ3v) is 4.86. The van der Waals surface area contributed by atoms with Crippen molar-refractivity contribution in [3.05, 3.63) is 78.3 Å². The number of pyridine rings is 1. The molecular formula is C24H26N4O. The molecule has 29 heavy (non-hydrogen) atoms. The molecule has 1 aromatic carbocycles. The molecule has 5 nitrogen and oxygen atoms in total. The van der Waals surface area contributed by atoms with Crippen LogP contribution in [0.3, 0.4) is 0 Å². The molecule has 5 heteroatoms. The fourth-order valence-electron chi connectivity index (χ4n) is 3.20. The average molecular weight is 386 g/mol. The number of anilines is 1. The Bertz CT molecular complexity index is 981. The molecule has 1 aliphatic rings. The molecule has 1 aromatic heterocycles. The van der Waals surface area contributed by atoms with E-state index in [4.69, 9.17) is 10.8 Å². The van der Waals surface area contributed by atoms with Crippen molar-refractivity contribution >= 4 is 23.9 Å². The molecule has 1 aliphatic heterocycles. The molecule has 2 heterocycles. The van der Waals surface area contributed by atoms with E-state index in [1.165, 1.54) is 5.01 Å². The molecular weight excluding hydrogens is 360 g/mol. The van der Waals surface area contributed by atoms with E-state index in [0.29, 0.717) is 18.1 Å². The number of aldehydes is 1. The number of benzene rings is 1. The molecule has 148 valence electrons. The van der Waals surface area contributed by atoms with E-state index in [1.807, 2.05) is 50.4 Å². The molecule has 0 bridgehead atoms. The topological polar surface area (TPSA) is 71.6 Å². The predicted molar refractivity (Wildman–Crippen MR) is 120 cm³/mol. The summed E-state index contributed by atoms with van der Waals surface area (Å²) in [5.74, 6) is 7.45. The van der Waals surface area contributed by atoms with Gasteiger partial charge in [-0.15, -0.1) is 6.58 Å². The number of hydrogen-bond donors (Lipinski definition) is 1. The van der Waals surface area contributed by atoms with E-state index >= 15 is 0 Å².